The number of hydrogen-bond donors (Lipinski definition) is 1. The van der Waals surface area contributed by atoms with Gasteiger partial charge in [0.1, 0.15) is 0 Å². The Morgan fingerprint density at radius 1 is 1.05 bits per heavy atom. The normalized spacial score (nSPS) is 12.3. The molecule has 2 aromatic carbocycles. The highest BCUT2D eigenvalue weighted by Gasteiger charge is 2.13. The van der Waals surface area contributed by atoms with Gasteiger partial charge in [0.15, 0.2) is 0 Å². The highest BCUT2D eigenvalue weighted by Crippen LogP contribution is 2.22. The van der Waals surface area contributed by atoms with E-state index in [1.807, 2.05) is 29.1 Å². The average Bonchev–Trinajstić information content (AvgIpc) is 2.99. The summed E-state index contributed by atoms with van der Waals surface area (Å²) in [6.45, 7) is 2.62. The summed E-state index contributed by atoms with van der Waals surface area (Å²) in [7, 11) is 0. The zero-order valence-electron chi connectivity index (χ0n) is 12.1. The van der Waals surface area contributed by atoms with E-state index in [0.29, 0.717) is 6.54 Å². The first-order valence-electron chi connectivity index (χ1n) is 7.14. The van der Waals surface area contributed by atoms with Crippen LogP contribution in [0.2, 0.25) is 0 Å². The third kappa shape index (κ3) is 2.88. The molecule has 1 aromatic heterocycles. The molecule has 0 fully saturated rings. The number of nitrogens with zero attached hydrogens (tertiary/aromatic N) is 2. The third-order valence-electron chi connectivity index (χ3n) is 3.68. The molecular weight excluding hydrogens is 258 g/mol. The van der Waals surface area contributed by atoms with Gasteiger partial charge in [0, 0.05) is 18.3 Å². The van der Waals surface area contributed by atoms with Gasteiger partial charge in [-0.3, -0.25) is 4.68 Å². The molecule has 3 aromatic rings. The maximum atomic E-state index is 5.97. The van der Waals surface area contributed by atoms with Crippen molar-refractivity contribution in [2.45, 2.75) is 13.0 Å². The molecule has 0 spiro atoms. The average molecular weight is 277 g/mol. The number of nitrogens with two attached hydrogens (primary N) is 1. The second kappa shape index (κ2) is 5.94. The number of rotatable bonds is 4. The highest BCUT2D eigenvalue weighted by molar-refractivity contribution is 5.61. The molecule has 1 heterocycles. The van der Waals surface area contributed by atoms with Crippen LogP contribution in [0.15, 0.2) is 67.0 Å². The van der Waals surface area contributed by atoms with Crippen molar-refractivity contribution in [1.82, 2.24) is 9.78 Å². The van der Waals surface area contributed by atoms with Gasteiger partial charge in [-0.1, -0.05) is 60.2 Å². The Labute approximate surface area is 125 Å². The second-order valence-corrected chi connectivity index (χ2v) is 5.24. The lowest BCUT2D eigenvalue weighted by molar-refractivity contribution is 0.532. The van der Waals surface area contributed by atoms with Gasteiger partial charge in [-0.2, -0.15) is 5.10 Å². The molecule has 0 radical (unpaired) electrons. The maximum absolute atomic E-state index is 5.97. The van der Waals surface area contributed by atoms with Crippen molar-refractivity contribution in [3.05, 3.63) is 78.1 Å². The van der Waals surface area contributed by atoms with Crippen molar-refractivity contribution in [1.29, 1.82) is 0 Å². The number of aryl methyl sites for hydroxylation is 1. The SMILES string of the molecule is Cc1cccc(C(CN)n2cc(-c3ccccc3)cn2)c1. The Bertz CT molecular complexity index is 716. The van der Waals surface area contributed by atoms with Gasteiger partial charge >= 0.3 is 0 Å². The molecule has 106 valence electrons. The van der Waals surface area contributed by atoms with Crippen LogP contribution in [0.5, 0.6) is 0 Å². The van der Waals surface area contributed by atoms with Crippen molar-refractivity contribution in [3.63, 3.8) is 0 Å². The van der Waals surface area contributed by atoms with E-state index in [1.165, 1.54) is 16.7 Å². The molecule has 0 aliphatic heterocycles. The Kier molecular flexibility index (Phi) is 3.84. The van der Waals surface area contributed by atoms with Crippen molar-refractivity contribution in [3.8, 4) is 11.1 Å². The second-order valence-electron chi connectivity index (χ2n) is 5.24. The van der Waals surface area contributed by atoms with Gasteiger partial charge in [-0.05, 0) is 18.1 Å². The van der Waals surface area contributed by atoms with E-state index in [2.05, 4.69) is 54.6 Å². The van der Waals surface area contributed by atoms with Crippen LogP contribution < -0.4 is 5.73 Å². The summed E-state index contributed by atoms with van der Waals surface area (Å²) in [6.07, 6.45) is 3.96. The van der Waals surface area contributed by atoms with Crippen LogP contribution in [-0.2, 0) is 0 Å². The van der Waals surface area contributed by atoms with Crippen LogP contribution in [0, 0.1) is 6.92 Å². The fraction of sp³-hybridized carbons (Fsp3) is 0.167. The molecule has 2 N–H and O–H groups in total. The minimum Gasteiger partial charge on any atom is -0.328 e. The van der Waals surface area contributed by atoms with Crippen molar-refractivity contribution in [2.75, 3.05) is 6.54 Å². The molecule has 0 bridgehead atoms. The van der Waals surface area contributed by atoms with Crippen LogP contribution in [0.1, 0.15) is 17.2 Å². The fourth-order valence-corrected chi connectivity index (χ4v) is 2.56. The maximum Gasteiger partial charge on any atom is 0.0890 e. The highest BCUT2D eigenvalue weighted by atomic mass is 15.3. The molecule has 1 atom stereocenters. The van der Waals surface area contributed by atoms with E-state index in [-0.39, 0.29) is 6.04 Å². The quantitative estimate of drug-likeness (QED) is 0.794. The van der Waals surface area contributed by atoms with E-state index in [9.17, 15) is 0 Å². The van der Waals surface area contributed by atoms with Crippen LogP contribution in [0.4, 0.5) is 0 Å². The lowest BCUT2D eigenvalue weighted by atomic mass is 10.0. The molecule has 3 nitrogen and oxygen atoms in total. The number of hydrogen-bond acceptors (Lipinski definition) is 2. The first-order valence-corrected chi connectivity index (χ1v) is 7.14. The van der Waals surface area contributed by atoms with Gasteiger partial charge in [0.05, 0.1) is 12.2 Å². The van der Waals surface area contributed by atoms with Gasteiger partial charge in [-0.25, -0.2) is 0 Å². The zero-order valence-corrected chi connectivity index (χ0v) is 12.1. The molecule has 0 saturated carbocycles. The summed E-state index contributed by atoms with van der Waals surface area (Å²) in [5, 5.41) is 4.51. The topological polar surface area (TPSA) is 43.8 Å². The number of aromatic nitrogens is 2. The summed E-state index contributed by atoms with van der Waals surface area (Å²) < 4.78 is 1.96. The van der Waals surface area contributed by atoms with E-state index in [0.717, 1.165) is 5.56 Å². The molecule has 1 unspecified atom stereocenters. The van der Waals surface area contributed by atoms with Crippen LogP contribution in [-0.4, -0.2) is 16.3 Å². The van der Waals surface area contributed by atoms with Crippen LogP contribution >= 0.6 is 0 Å². The summed E-state index contributed by atoms with van der Waals surface area (Å²) >= 11 is 0. The summed E-state index contributed by atoms with van der Waals surface area (Å²) in [5.74, 6) is 0. The predicted molar refractivity (Wildman–Crippen MR) is 86.0 cm³/mol. The fourth-order valence-electron chi connectivity index (χ4n) is 2.56. The molecule has 0 aliphatic carbocycles. The molecule has 21 heavy (non-hydrogen) atoms. The molecule has 0 amide bonds. The van der Waals surface area contributed by atoms with E-state index >= 15 is 0 Å². The van der Waals surface area contributed by atoms with Crippen molar-refractivity contribution >= 4 is 0 Å². The van der Waals surface area contributed by atoms with E-state index in [4.69, 9.17) is 5.73 Å². The van der Waals surface area contributed by atoms with Gasteiger partial charge in [-0.15, -0.1) is 0 Å². The van der Waals surface area contributed by atoms with Gasteiger partial charge in [0.25, 0.3) is 0 Å². The predicted octanol–water partition coefficient (Wildman–Crippen LogP) is 3.41. The molecule has 0 saturated heterocycles. The first-order chi connectivity index (χ1) is 10.3. The summed E-state index contributed by atoms with van der Waals surface area (Å²) in [5.41, 5.74) is 10.7. The Balaban J connectivity index is 1.94. The minimum atomic E-state index is 0.0716. The van der Waals surface area contributed by atoms with E-state index in [1.54, 1.807) is 0 Å². The Hall–Kier alpha value is -2.39. The minimum absolute atomic E-state index is 0.0716. The zero-order chi connectivity index (χ0) is 14.7. The van der Waals surface area contributed by atoms with Gasteiger partial charge < -0.3 is 5.73 Å². The lowest BCUT2D eigenvalue weighted by Gasteiger charge is -2.16. The summed E-state index contributed by atoms with van der Waals surface area (Å²) in [4.78, 5) is 0. The Morgan fingerprint density at radius 2 is 1.86 bits per heavy atom. The smallest absolute Gasteiger partial charge is 0.0890 e. The third-order valence-corrected chi connectivity index (χ3v) is 3.68. The van der Waals surface area contributed by atoms with Crippen molar-refractivity contribution < 1.29 is 0 Å². The standard InChI is InChI=1S/C18H19N3/c1-14-6-5-9-16(10-14)18(11-19)21-13-17(12-20-21)15-7-3-2-4-8-15/h2-10,12-13,18H,11,19H2,1H3. The van der Waals surface area contributed by atoms with Crippen LogP contribution in [0.3, 0.4) is 0 Å². The number of benzene rings is 2. The molecular formula is C18H19N3. The first kappa shape index (κ1) is 13.6. The Morgan fingerprint density at radius 3 is 2.57 bits per heavy atom. The molecule has 3 heteroatoms. The van der Waals surface area contributed by atoms with Crippen LogP contribution in [0.25, 0.3) is 11.1 Å². The lowest BCUT2D eigenvalue weighted by Crippen LogP contribution is -2.20. The van der Waals surface area contributed by atoms with Crippen molar-refractivity contribution in [2.24, 2.45) is 5.73 Å². The van der Waals surface area contributed by atoms with E-state index < -0.39 is 0 Å². The summed E-state index contributed by atoms with van der Waals surface area (Å²) in [6, 6.07) is 18.8. The van der Waals surface area contributed by atoms with Gasteiger partial charge in [0.2, 0.25) is 0 Å². The molecule has 0 aliphatic rings. The largest absolute Gasteiger partial charge is 0.328 e. The molecule has 3 rings (SSSR count). The monoisotopic (exact) mass is 277 g/mol.